The Bertz CT molecular complexity index is 523. The van der Waals surface area contributed by atoms with Gasteiger partial charge in [0.15, 0.2) is 0 Å². The van der Waals surface area contributed by atoms with Gasteiger partial charge in [0.05, 0.1) is 12.0 Å². The number of nitrogens with one attached hydrogen (secondary N) is 1. The average molecular weight is 331 g/mol. The van der Waals surface area contributed by atoms with Gasteiger partial charge in [0, 0.05) is 39.3 Å². The van der Waals surface area contributed by atoms with Crippen molar-refractivity contribution in [2.75, 3.05) is 52.4 Å². The van der Waals surface area contributed by atoms with Crippen LogP contribution in [0.4, 0.5) is 0 Å². The maximum atomic E-state index is 12.5. The van der Waals surface area contributed by atoms with Crippen LogP contribution >= 0.6 is 0 Å². The summed E-state index contributed by atoms with van der Waals surface area (Å²) in [5.74, 6) is 0.196. The smallest absolute Gasteiger partial charge is 0.230 e. The minimum absolute atomic E-state index is 0.196. The maximum Gasteiger partial charge on any atom is 0.230 e. The van der Waals surface area contributed by atoms with Crippen LogP contribution in [0.3, 0.4) is 0 Å². The molecule has 2 aliphatic rings. The van der Waals surface area contributed by atoms with Gasteiger partial charge in [-0.15, -0.1) is 0 Å². The summed E-state index contributed by atoms with van der Waals surface area (Å²) >= 11 is 0. The van der Waals surface area contributed by atoms with Gasteiger partial charge in [-0.1, -0.05) is 30.3 Å². The average Bonchev–Trinajstić information content (AvgIpc) is 3.43. The number of β-amino-alcohol motifs (C(OH)–C–C–N with tert-alkyl or cyclic N) is 1. The lowest BCUT2D eigenvalue weighted by atomic mass is 9.95. The van der Waals surface area contributed by atoms with Crippen LogP contribution in [0, 0.1) is 0 Å². The van der Waals surface area contributed by atoms with Crippen LogP contribution in [0.5, 0.6) is 0 Å². The zero-order chi connectivity index (χ0) is 16.8. The Morgan fingerprint density at radius 2 is 1.67 bits per heavy atom. The molecule has 0 unspecified atom stereocenters. The summed E-state index contributed by atoms with van der Waals surface area (Å²) in [5.41, 5.74) is 0.902. The summed E-state index contributed by atoms with van der Waals surface area (Å²) in [5, 5.41) is 12.1. The van der Waals surface area contributed by atoms with Crippen LogP contribution < -0.4 is 5.32 Å². The van der Waals surface area contributed by atoms with Crippen molar-refractivity contribution in [3.8, 4) is 0 Å². The SMILES string of the molecule is O=C(NCCCN1CCN(CCO)CC1)C1(c2ccccc2)CC1. The number of aliphatic hydroxyl groups is 1. The standard InChI is InChI=1S/C19H29N3O2/c23-16-15-22-13-11-21(12-14-22)10-4-9-20-18(24)19(7-8-19)17-5-2-1-3-6-17/h1-3,5-6,23H,4,7-16H2,(H,20,24). The largest absolute Gasteiger partial charge is 0.395 e. The van der Waals surface area contributed by atoms with Crippen molar-refractivity contribution in [3.05, 3.63) is 35.9 Å². The molecular weight excluding hydrogens is 302 g/mol. The van der Waals surface area contributed by atoms with E-state index in [-0.39, 0.29) is 17.9 Å². The van der Waals surface area contributed by atoms with Crippen molar-refractivity contribution in [3.63, 3.8) is 0 Å². The Kier molecular flexibility index (Phi) is 5.87. The predicted octanol–water partition coefficient (Wildman–Crippen LogP) is 0.834. The molecule has 0 radical (unpaired) electrons. The Balaban J connectivity index is 1.35. The van der Waals surface area contributed by atoms with Crippen molar-refractivity contribution >= 4 is 5.91 Å². The van der Waals surface area contributed by atoms with E-state index in [0.29, 0.717) is 0 Å². The number of amides is 1. The molecular formula is C19H29N3O2. The van der Waals surface area contributed by atoms with Gasteiger partial charge in [-0.3, -0.25) is 9.69 Å². The molecule has 132 valence electrons. The fourth-order valence-electron chi connectivity index (χ4n) is 3.58. The second kappa shape index (κ2) is 8.10. The highest BCUT2D eigenvalue weighted by atomic mass is 16.3. The van der Waals surface area contributed by atoms with Crippen molar-refractivity contribution < 1.29 is 9.90 Å². The number of hydrogen-bond acceptors (Lipinski definition) is 4. The lowest BCUT2D eigenvalue weighted by Crippen LogP contribution is -2.47. The number of carbonyl (C=O) groups excluding carboxylic acids is 1. The first-order chi connectivity index (χ1) is 11.7. The third-order valence-electron chi connectivity index (χ3n) is 5.33. The van der Waals surface area contributed by atoms with Crippen molar-refractivity contribution in [2.24, 2.45) is 0 Å². The van der Waals surface area contributed by atoms with Gasteiger partial charge in [-0.2, -0.15) is 0 Å². The predicted molar refractivity (Wildman–Crippen MR) is 94.9 cm³/mol. The zero-order valence-corrected chi connectivity index (χ0v) is 14.4. The van der Waals surface area contributed by atoms with E-state index in [1.54, 1.807) is 0 Å². The molecule has 0 atom stereocenters. The number of nitrogens with zero attached hydrogens (tertiary/aromatic N) is 2. The molecule has 24 heavy (non-hydrogen) atoms. The minimum Gasteiger partial charge on any atom is -0.395 e. The van der Waals surface area contributed by atoms with E-state index in [2.05, 4.69) is 27.2 Å². The van der Waals surface area contributed by atoms with Gasteiger partial charge in [-0.05, 0) is 31.4 Å². The highest BCUT2D eigenvalue weighted by molar-refractivity contribution is 5.91. The number of aliphatic hydroxyl groups excluding tert-OH is 1. The van der Waals surface area contributed by atoms with E-state index in [1.807, 2.05) is 18.2 Å². The van der Waals surface area contributed by atoms with E-state index in [9.17, 15) is 4.79 Å². The van der Waals surface area contributed by atoms with Crippen LogP contribution in [-0.2, 0) is 10.2 Å². The molecule has 1 amide bonds. The van der Waals surface area contributed by atoms with Gasteiger partial charge < -0.3 is 15.3 Å². The summed E-state index contributed by atoms with van der Waals surface area (Å²) < 4.78 is 0. The van der Waals surface area contributed by atoms with Gasteiger partial charge in [0.1, 0.15) is 0 Å². The van der Waals surface area contributed by atoms with Crippen LogP contribution in [0.1, 0.15) is 24.8 Å². The Hall–Kier alpha value is -1.43. The second-order valence-corrected chi connectivity index (χ2v) is 6.96. The molecule has 0 bridgehead atoms. The van der Waals surface area contributed by atoms with Crippen molar-refractivity contribution in [1.82, 2.24) is 15.1 Å². The molecule has 3 rings (SSSR count). The summed E-state index contributed by atoms with van der Waals surface area (Å²) in [4.78, 5) is 17.3. The first-order valence-electron chi connectivity index (χ1n) is 9.14. The Morgan fingerprint density at radius 1 is 1.04 bits per heavy atom. The van der Waals surface area contributed by atoms with Crippen molar-refractivity contribution in [1.29, 1.82) is 0 Å². The Labute approximate surface area is 144 Å². The van der Waals surface area contributed by atoms with Gasteiger partial charge in [0.2, 0.25) is 5.91 Å². The topological polar surface area (TPSA) is 55.8 Å². The minimum atomic E-state index is -0.253. The fourth-order valence-corrected chi connectivity index (χ4v) is 3.58. The van der Waals surface area contributed by atoms with E-state index in [0.717, 1.165) is 70.6 Å². The maximum absolute atomic E-state index is 12.5. The number of carbonyl (C=O) groups is 1. The second-order valence-electron chi connectivity index (χ2n) is 6.96. The molecule has 1 heterocycles. The number of hydrogen-bond donors (Lipinski definition) is 2. The summed E-state index contributed by atoms with van der Waals surface area (Å²) in [6, 6.07) is 10.2. The number of benzene rings is 1. The summed E-state index contributed by atoms with van der Waals surface area (Å²) in [7, 11) is 0. The van der Waals surface area contributed by atoms with Gasteiger partial charge in [-0.25, -0.2) is 0 Å². The molecule has 1 aromatic rings. The molecule has 1 saturated heterocycles. The molecule has 2 N–H and O–H groups in total. The number of rotatable bonds is 8. The zero-order valence-electron chi connectivity index (χ0n) is 14.4. The Morgan fingerprint density at radius 3 is 2.25 bits per heavy atom. The van der Waals surface area contributed by atoms with E-state index < -0.39 is 0 Å². The molecule has 0 aromatic heterocycles. The summed E-state index contributed by atoms with van der Waals surface area (Å²) in [6.45, 7) is 6.99. The lowest BCUT2D eigenvalue weighted by Gasteiger charge is -2.34. The molecule has 2 fully saturated rings. The van der Waals surface area contributed by atoms with Gasteiger partial charge >= 0.3 is 0 Å². The third kappa shape index (κ3) is 4.15. The number of piperazine rings is 1. The molecule has 1 aromatic carbocycles. The normalized spacial score (nSPS) is 20.7. The molecule has 1 aliphatic carbocycles. The molecule has 1 aliphatic heterocycles. The van der Waals surface area contributed by atoms with Crippen LogP contribution in [0.15, 0.2) is 30.3 Å². The molecule has 0 spiro atoms. The molecule has 1 saturated carbocycles. The monoisotopic (exact) mass is 331 g/mol. The lowest BCUT2D eigenvalue weighted by molar-refractivity contribution is -0.123. The molecule has 5 nitrogen and oxygen atoms in total. The van der Waals surface area contributed by atoms with Gasteiger partial charge in [0.25, 0.3) is 0 Å². The van der Waals surface area contributed by atoms with E-state index in [1.165, 1.54) is 0 Å². The first kappa shape index (κ1) is 17.4. The highest BCUT2D eigenvalue weighted by Crippen LogP contribution is 2.48. The van der Waals surface area contributed by atoms with E-state index >= 15 is 0 Å². The third-order valence-corrected chi connectivity index (χ3v) is 5.33. The molecule has 5 heteroatoms. The highest BCUT2D eigenvalue weighted by Gasteiger charge is 2.50. The van der Waals surface area contributed by atoms with E-state index in [4.69, 9.17) is 5.11 Å². The summed E-state index contributed by atoms with van der Waals surface area (Å²) in [6.07, 6.45) is 2.93. The van der Waals surface area contributed by atoms with Crippen LogP contribution in [0.2, 0.25) is 0 Å². The quantitative estimate of drug-likeness (QED) is 0.693. The first-order valence-corrected chi connectivity index (χ1v) is 9.14. The van der Waals surface area contributed by atoms with Crippen LogP contribution in [-0.4, -0.2) is 73.2 Å². The van der Waals surface area contributed by atoms with Crippen molar-refractivity contribution in [2.45, 2.75) is 24.7 Å². The van der Waals surface area contributed by atoms with Crippen LogP contribution in [0.25, 0.3) is 0 Å². The fraction of sp³-hybridized carbons (Fsp3) is 0.632.